The van der Waals surface area contributed by atoms with Gasteiger partial charge in [0.15, 0.2) is 0 Å². The summed E-state index contributed by atoms with van der Waals surface area (Å²) in [5.41, 5.74) is 2.97. The van der Waals surface area contributed by atoms with Gasteiger partial charge in [-0.25, -0.2) is 4.57 Å². The normalized spacial score (nSPS) is 11.4. The molecular weight excluding hydrogens is 263 g/mol. The van der Waals surface area contributed by atoms with Crippen molar-refractivity contribution < 1.29 is 19.2 Å². The molecule has 1 aromatic rings. The maximum absolute atomic E-state index is 8.88. The van der Waals surface area contributed by atoms with Gasteiger partial charge in [0.25, 0.3) is 0 Å². The van der Waals surface area contributed by atoms with Gasteiger partial charge < -0.3 is 14.7 Å². The predicted molar refractivity (Wildman–Crippen MR) is 77.8 cm³/mol. The third-order valence-electron chi connectivity index (χ3n) is 2.28. The Morgan fingerprint density at radius 1 is 0.947 bits per heavy atom. The van der Waals surface area contributed by atoms with Crippen LogP contribution in [0.25, 0.3) is 0 Å². The van der Waals surface area contributed by atoms with Crippen molar-refractivity contribution in [2.24, 2.45) is 11.8 Å². The second-order valence-electron chi connectivity index (χ2n) is 5.53. The van der Waals surface area contributed by atoms with Gasteiger partial charge in [0, 0.05) is 0 Å². The van der Waals surface area contributed by atoms with Crippen LogP contribution in [0.4, 0.5) is 0 Å². The summed E-state index contributed by atoms with van der Waals surface area (Å²) in [5, 5.41) is 0. The second kappa shape index (κ2) is 8.49. The van der Waals surface area contributed by atoms with Gasteiger partial charge in [-0.15, -0.1) is 0 Å². The molecule has 0 amide bonds. The molecule has 0 aliphatic carbocycles. The van der Waals surface area contributed by atoms with E-state index in [0.29, 0.717) is 0 Å². The summed E-state index contributed by atoms with van der Waals surface area (Å²) in [5.74, 6) is 1.51. The standard InChI is InChI=1S/C14H22.H3O4P/c1-11(2)8-13-6-5-7-14(10-13)9-12(3)4;1-5(2,3)4/h5-7,10-12H,8-9H2,1-4H3;(H3,1,2,3,4). The van der Waals surface area contributed by atoms with Crippen molar-refractivity contribution in [2.75, 3.05) is 0 Å². The third-order valence-corrected chi connectivity index (χ3v) is 2.28. The Morgan fingerprint density at radius 2 is 1.26 bits per heavy atom. The minimum atomic E-state index is -4.64. The van der Waals surface area contributed by atoms with Gasteiger partial charge in [-0.1, -0.05) is 52.0 Å². The second-order valence-corrected chi connectivity index (χ2v) is 6.56. The SMILES string of the molecule is CC(C)Cc1cccc(CC(C)C)c1.O=P(O)(O)O. The Morgan fingerprint density at radius 3 is 1.53 bits per heavy atom. The van der Waals surface area contributed by atoms with E-state index in [9.17, 15) is 0 Å². The summed E-state index contributed by atoms with van der Waals surface area (Å²) in [4.78, 5) is 21.6. The maximum Gasteiger partial charge on any atom is 0.466 e. The smallest absolute Gasteiger partial charge is 0.303 e. The van der Waals surface area contributed by atoms with Gasteiger partial charge >= 0.3 is 7.82 Å². The highest BCUT2D eigenvalue weighted by Gasteiger charge is 2.01. The van der Waals surface area contributed by atoms with Gasteiger partial charge in [0.05, 0.1) is 0 Å². The molecule has 0 bridgehead atoms. The van der Waals surface area contributed by atoms with Gasteiger partial charge in [-0.2, -0.15) is 0 Å². The topological polar surface area (TPSA) is 77.8 Å². The first-order chi connectivity index (χ1) is 8.58. The van der Waals surface area contributed by atoms with Crippen LogP contribution in [0.3, 0.4) is 0 Å². The van der Waals surface area contributed by atoms with E-state index in [0.717, 1.165) is 11.8 Å². The fourth-order valence-electron chi connectivity index (χ4n) is 1.83. The van der Waals surface area contributed by atoms with E-state index >= 15 is 0 Å². The van der Waals surface area contributed by atoms with E-state index in [1.54, 1.807) is 0 Å². The molecule has 0 heterocycles. The quantitative estimate of drug-likeness (QED) is 0.744. The van der Waals surface area contributed by atoms with Crippen molar-refractivity contribution in [3.63, 3.8) is 0 Å². The summed E-state index contributed by atoms with van der Waals surface area (Å²) in [7, 11) is -4.64. The monoisotopic (exact) mass is 288 g/mol. The van der Waals surface area contributed by atoms with Crippen LogP contribution in [-0.4, -0.2) is 14.7 Å². The molecule has 3 N–H and O–H groups in total. The molecule has 0 fully saturated rings. The van der Waals surface area contributed by atoms with Crippen molar-refractivity contribution in [1.29, 1.82) is 0 Å². The van der Waals surface area contributed by atoms with Crippen LogP contribution in [0.2, 0.25) is 0 Å². The van der Waals surface area contributed by atoms with Gasteiger partial charge in [-0.05, 0) is 35.8 Å². The Labute approximate surface area is 115 Å². The van der Waals surface area contributed by atoms with E-state index in [2.05, 4.69) is 52.0 Å². The molecule has 0 unspecified atom stereocenters. The molecule has 19 heavy (non-hydrogen) atoms. The zero-order valence-electron chi connectivity index (χ0n) is 12.1. The maximum atomic E-state index is 8.88. The summed E-state index contributed by atoms with van der Waals surface area (Å²) in [6.07, 6.45) is 2.40. The van der Waals surface area contributed by atoms with E-state index < -0.39 is 7.82 Å². The molecule has 0 aliphatic heterocycles. The first-order valence-electron chi connectivity index (χ1n) is 6.44. The minimum Gasteiger partial charge on any atom is -0.303 e. The lowest BCUT2D eigenvalue weighted by Gasteiger charge is -2.09. The molecular formula is C14H25O4P. The van der Waals surface area contributed by atoms with E-state index in [1.807, 2.05) is 0 Å². The highest BCUT2D eigenvalue weighted by Crippen LogP contribution is 2.25. The highest BCUT2D eigenvalue weighted by molar-refractivity contribution is 7.45. The van der Waals surface area contributed by atoms with Gasteiger partial charge in [0.1, 0.15) is 0 Å². The lowest BCUT2D eigenvalue weighted by atomic mass is 9.97. The fraction of sp³-hybridized carbons (Fsp3) is 0.571. The summed E-state index contributed by atoms with van der Waals surface area (Å²) in [6.45, 7) is 9.09. The third kappa shape index (κ3) is 13.6. The molecule has 1 rings (SSSR count). The van der Waals surface area contributed by atoms with Crippen molar-refractivity contribution in [3.05, 3.63) is 35.4 Å². The first kappa shape index (κ1) is 18.3. The highest BCUT2D eigenvalue weighted by atomic mass is 31.2. The molecule has 0 aliphatic rings. The molecule has 0 radical (unpaired) electrons. The van der Waals surface area contributed by atoms with Crippen LogP contribution in [0.1, 0.15) is 38.8 Å². The molecule has 0 saturated heterocycles. The molecule has 110 valence electrons. The minimum absolute atomic E-state index is 0.754. The van der Waals surface area contributed by atoms with Crippen molar-refractivity contribution in [1.82, 2.24) is 0 Å². The van der Waals surface area contributed by atoms with Crippen molar-refractivity contribution in [3.8, 4) is 0 Å². The average Bonchev–Trinajstić information content (AvgIpc) is 2.12. The van der Waals surface area contributed by atoms with E-state index in [-0.39, 0.29) is 0 Å². The van der Waals surface area contributed by atoms with Crippen LogP contribution < -0.4 is 0 Å². The molecule has 4 nitrogen and oxygen atoms in total. The largest absolute Gasteiger partial charge is 0.466 e. The van der Waals surface area contributed by atoms with E-state index in [1.165, 1.54) is 24.0 Å². The Balaban J connectivity index is 0.000000555. The summed E-state index contributed by atoms with van der Waals surface area (Å²) in [6, 6.07) is 9.03. The Bertz CT molecular complexity index is 376. The average molecular weight is 288 g/mol. The van der Waals surface area contributed by atoms with Crippen LogP contribution in [0.15, 0.2) is 24.3 Å². The van der Waals surface area contributed by atoms with Gasteiger partial charge in [-0.3, -0.25) is 0 Å². The van der Waals surface area contributed by atoms with Crippen LogP contribution in [0, 0.1) is 11.8 Å². The van der Waals surface area contributed by atoms with Gasteiger partial charge in [0.2, 0.25) is 0 Å². The number of rotatable bonds is 4. The Hall–Kier alpha value is -0.670. The van der Waals surface area contributed by atoms with Crippen LogP contribution in [-0.2, 0) is 17.4 Å². The van der Waals surface area contributed by atoms with Crippen molar-refractivity contribution in [2.45, 2.75) is 40.5 Å². The number of phosphoric acid groups is 1. The number of hydrogen-bond acceptors (Lipinski definition) is 1. The molecule has 0 spiro atoms. The Kier molecular flexibility index (Phi) is 8.19. The van der Waals surface area contributed by atoms with Crippen molar-refractivity contribution >= 4 is 7.82 Å². The molecule has 5 heteroatoms. The molecule has 0 aromatic heterocycles. The van der Waals surface area contributed by atoms with Crippen LogP contribution >= 0.6 is 7.82 Å². The predicted octanol–water partition coefficient (Wildman–Crippen LogP) is 3.16. The number of benzene rings is 1. The summed E-state index contributed by atoms with van der Waals surface area (Å²) < 4.78 is 8.88. The zero-order valence-corrected chi connectivity index (χ0v) is 13.0. The fourth-order valence-corrected chi connectivity index (χ4v) is 1.83. The summed E-state index contributed by atoms with van der Waals surface area (Å²) >= 11 is 0. The van der Waals surface area contributed by atoms with E-state index in [4.69, 9.17) is 19.2 Å². The molecule has 0 saturated carbocycles. The molecule has 1 aromatic carbocycles. The zero-order chi connectivity index (χ0) is 15.1. The number of hydrogen-bond donors (Lipinski definition) is 3. The first-order valence-corrected chi connectivity index (χ1v) is 8.00. The lowest BCUT2D eigenvalue weighted by Crippen LogP contribution is -1.97. The lowest BCUT2D eigenvalue weighted by molar-refractivity contribution is 0.275. The molecule has 0 atom stereocenters. The van der Waals surface area contributed by atoms with Crippen LogP contribution in [0.5, 0.6) is 0 Å².